The summed E-state index contributed by atoms with van der Waals surface area (Å²) in [5, 5.41) is 7.18. The van der Waals surface area contributed by atoms with Crippen molar-refractivity contribution in [1.82, 2.24) is 9.97 Å². The molecule has 0 radical (unpaired) electrons. The third-order valence-corrected chi connectivity index (χ3v) is 2.50. The molecule has 2 aromatic rings. The molecule has 0 aliphatic carbocycles. The number of nitrogens with one attached hydrogen (secondary N) is 2. The Morgan fingerprint density at radius 2 is 1.79 bits per heavy atom. The van der Waals surface area contributed by atoms with Gasteiger partial charge in [-0.1, -0.05) is 17.7 Å². The Labute approximate surface area is 118 Å². The topological polar surface area (TPSA) is 49.8 Å². The number of hydrogen-bond donors (Lipinski definition) is 2. The average molecular weight is 277 g/mol. The summed E-state index contributed by atoms with van der Waals surface area (Å²) in [7, 11) is 0. The van der Waals surface area contributed by atoms with Crippen LogP contribution in [0.15, 0.2) is 36.7 Å². The SMILES string of the molecule is CC(C)(C)Nc1cc(Nc2cccc(Cl)c2)ncn1. The highest BCUT2D eigenvalue weighted by Gasteiger charge is 2.10. The second-order valence-corrected chi connectivity index (χ2v) is 5.74. The van der Waals surface area contributed by atoms with E-state index in [4.69, 9.17) is 11.6 Å². The van der Waals surface area contributed by atoms with Crippen molar-refractivity contribution in [3.63, 3.8) is 0 Å². The predicted molar refractivity (Wildman–Crippen MR) is 80.1 cm³/mol. The first-order chi connectivity index (χ1) is 8.92. The Hall–Kier alpha value is -1.81. The van der Waals surface area contributed by atoms with Crippen molar-refractivity contribution >= 4 is 28.9 Å². The van der Waals surface area contributed by atoms with E-state index in [1.807, 2.05) is 30.3 Å². The molecule has 1 aromatic heterocycles. The van der Waals surface area contributed by atoms with Crippen LogP contribution in [-0.4, -0.2) is 15.5 Å². The van der Waals surface area contributed by atoms with Gasteiger partial charge in [0, 0.05) is 22.3 Å². The summed E-state index contributed by atoms with van der Waals surface area (Å²) in [6, 6.07) is 9.37. The van der Waals surface area contributed by atoms with Gasteiger partial charge in [0.05, 0.1) is 0 Å². The smallest absolute Gasteiger partial charge is 0.135 e. The van der Waals surface area contributed by atoms with Crippen LogP contribution in [0, 0.1) is 0 Å². The molecule has 0 aliphatic heterocycles. The second kappa shape index (κ2) is 5.45. The molecule has 1 aromatic carbocycles. The molecule has 2 N–H and O–H groups in total. The minimum atomic E-state index is -0.0400. The summed E-state index contributed by atoms with van der Waals surface area (Å²) >= 11 is 5.94. The highest BCUT2D eigenvalue weighted by atomic mass is 35.5. The van der Waals surface area contributed by atoms with E-state index in [9.17, 15) is 0 Å². The Bertz CT molecular complexity index is 563. The summed E-state index contributed by atoms with van der Waals surface area (Å²) in [5.74, 6) is 1.51. The van der Waals surface area contributed by atoms with Crippen LogP contribution in [0.3, 0.4) is 0 Å². The molecule has 0 bridgehead atoms. The summed E-state index contributed by atoms with van der Waals surface area (Å²) in [6.45, 7) is 6.25. The molecule has 5 heteroatoms. The van der Waals surface area contributed by atoms with E-state index in [0.717, 1.165) is 17.3 Å². The number of nitrogens with zero attached hydrogens (tertiary/aromatic N) is 2. The molecular formula is C14H17ClN4. The van der Waals surface area contributed by atoms with Crippen molar-refractivity contribution in [1.29, 1.82) is 0 Å². The van der Waals surface area contributed by atoms with E-state index in [1.54, 1.807) is 0 Å². The average Bonchev–Trinajstić information content (AvgIpc) is 2.27. The molecular weight excluding hydrogens is 260 g/mol. The molecule has 2 rings (SSSR count). The standard InChI is InChI=1S/C14H17ClN4/c1-14(2,3)19-13-8-12(16-9-17-13)18-11-6-4-5-10(15)7-11/h4-9H,1-3H3,(H2,16,17,18,19). The van der Waals surface area contributed by atoms with Crippen molar-refractivity contribution in [2.45, 2.75) is 26.3 Å². The van der Waals surface area contributed by atoms with E-state index < -0.39 is 0 Å². The van der Waals surface area contributed by atoms with E-state index in [2.05, 4.69) is 41.4 Å². The van der Waals surface area contributed by atoms with Gasteiger partial charge in [0.15, 0.2) is 0 Å². The Morgan fingerprint density at radius 3 is 2.47 bits per heavy atom. The normalized spacial score (nSPS) is 11.2. The molecule has 100 valence electrons. The number of rotatable bonds is 3. The first-order valence-electron chi connectivity index (χ1n) is 6.05. The predicted octanol–water partition coefficient (Wildman–Crippen LogP) is 4.08. The Balaban J connectivity index is 2.15. The fourth-order valence-corrected chi connectivity index (χ4v) is 1.78. The minimum Gasteiger partial charge on any atom is -0.365 e. The first-order valence-corrected chi connectivity index (χ1v) is 6.43. The largest absolute Gasteiger partial charge is 0.365 e. The third-order valence-electron chi connectivity index (χ3n) is 2.27. The molecule has 0 fully saturated rings. The molecule has 0 aliphatic rings. The molecule has 4 nitrogen and oxygen atoms in total. The maximum Gasteiger partial charge on any atom is 0.135 e. The van der Waals surface area contributed by atoms with Crippen molar-refractivity contribution in [3.8, 4) is 0 Å². The van der Waals surface area contributed by atoms with E-state index in [0.29, 0.717) is 5.02 Å². The van der Waals surface area contributed by atoms with E-state index in [-0.39, 0.29) is 5.54 Å². The van der Waals surface area contributed by atoms with Gasteiger partial charge in [-0.15, -0.1) is 0 Å². The fourth-order valence-electron chi connectivity index (χ4n) is 1.59. The Kier molecular flexibility index (Phi) is 3.90. The van der Waals surface area contributed by atoms with Crippen LogP contribution < -0.4 is 10.6 Å². The lowest BCUT2D eigenvalue weighted by Crippen LogP contribution is -2.26. The first kappa shape index (κ1) is 13.6. The lowest BCUT2D eigenvalue weighted by Gasteiger charge is -2.21. The summed E-state index contributed by atoms with van der Waals surface area (Å²) in [4.78, 5) is 8.38. The molecule has 0 saturated heterocycles. The number of aromatic nitrogens is 2. The van der Waals surface area contributed by atoms with Crippen LogP contribution in [0.2, 0.25) is 5.02 Å². The van der Waals surface area contributed by atoms with Gasteiger partial charge >= 0.3 is 0 Å². The van der Waals surface area contributed by atoms with E-state index in [1.165, 1.54) is 6.33 Å². The summed E-state index contributed by atoms with van der Waals surface area (Å²) < 4.78 is 0. The van der Waals surface area contributed by atoms with Gasteiger partial charge in [-0.3, -0.25) is 0 Å². The van der Waals surface area contributed by atoms with Gasteiger partial charge in [-0.25, -0.2) is 9.97 Å². The second-order valence-electron chi connectivity index (χ2n) is 5.30. The molecule has 0 atom stereocenters. The third kappa shape index (κ3) is 4.41. The molecule has 0 unspecified atom stereocenters. The van der Waals surface area contributed by atoms with Gasteiger partial charge in [-0.05, 0) is 39.0 Å². The number of benzene rings is 1. The van der Waals surface area contributed by atoms with Crippen LogP contribution in [-0.2, 0) is 0 Å². The maximum absolute atomic E-state index is 5.94. The van der Waals surface area contributed by atoms with Crippen LogP contribution in [0.25, 0.3) is 0 Å². The van der Waals surface area contributed by atoms with Gasteiger partial charge in [0.2, 0.25) is 0 Å². The highest BCUT2D eigenvalue weighted by molar-refractivity contribution is 6.30. The van der Waals surface area contributed by atoms with Crippen LogP contribution in [0.4, 0.5) is 17.3 Å². The van der Waals surface area contributed by atoms with Gasteiger partial charge in [-0.2, -0.15) is 0 Å². The van der Waals surface area contributed by atoms with Crippen LogP contribution in [0.1, 0.15) is 20.8 Å². The van der Waals surface area contributed by atoms with E-state index >= 15 is 0 Å². The zero-order valence-electron chi connectivity index (χ0n) is 11.2. The summed E-state index contributed by atoms with van der Waals surface area (Å²) in [6.07, 6.45) is 1.53. The van der Waals surface area contributed by atoms with Crippen LogP contribution >= 0.6 is 11.6 Å². The van der Waals surface area contributed by atoms with Gasteiger partial charge in [0.25, 0.3) is 0 Å². The zero-order valence-corrected chi connectivity index (χ0v) is 12.0. The molecule has 1 heterocycles. The lowest BCUT2D eigenvalue weighted by molar-refractivity contribution is 0.630. The number of hydrogen-bond acceptors (Lipinski definition) is 4. The zero-order chi connectivity index (χ0) is 13.9. The van der Waals surface area contributed by atoms with Crippen molar-refractivity contribution in [3.05, 3.63) is 41.7 Å². The lowest BCUT2D eigenvalue weighted by atomic mass is 10.1. The molecule has 0 spiro atoms. The van der Waals surface area contributed by atoms with Crippen LogP contribution in [0.5, 0.6) is 0 Å². The number of anilines is 3. The number of halogens is 1. The highest BCUT2D eigenvalue weighted by Crippen LogP contribution is 2.20. The van der Waals surface area contributed by atoms with Gasteiger partial charge in [0.1, 0.15) is 18.0 Å². The van der Waals surface area contributed by atoms with Crippen molar-refractivity contribution in [2.24, 2.45) is 0 Å². The minimum absolute atomic E-state index is 0.0400. The molecule has 19 heavy (non-hydrogen) atoms. The molecule has 0 amide bonds. The fraction of sp³-hybridized carbons (Fsp3) is 0.286. The summed E-state index contributed by atoms with van der Waals surface area (Å²) in [5.41, 5.74) is 0.856. The Morgan fingerprint density at radius 1 is 1.05 bits per heavy atom. The van der Waals surface area contributed by atoms with Crippen molar-refractivity contribution < 1.29 is 0 Å². The quantitative estimate of drug-likeness (QED) is 0.887. The van der Waals surface area contributed by atoms with Crippen molar-refractivity contribution in [2.75, 3.05) is 10.6 Å². The maximum atomic E-state index is 5.94. The molecule has 0 saturated carbocycles. The monoisotopic (exact) mass is 276 g/mol. The van der Waals surface area contributed by atoms with Gasteiger partial charge < -0.3 is 10.6 Å².